The van der Waals surface area contributed by atoms with E-state index in [9.17, 15) is 9.18 Å². The number of anilines is 5. The van der Waals surface area contributed by atoms with E-state index in [1.165, 1.54) is 7.11 Å². The minimum Gasteiger partial charge on any atom is -0.495 e. The summed E-state index contributed by atoms with van der Waals surface area (Å²) >= 11 is 6.01. The highest BCUT2D eigenvalue weighted by Crippen LogP contribution is 2.29. The molecule has 0 atom stereocenters. The molecule has 0 aliphatic rings. The van der Waals surface area contributed by atoms with Crippen molar-refractivity contribution in [2.75, 3.05) is 23.1 Å². The van der Waals surface area contributed by atoms with E-state index >= 15 is 0 Å². The number of nitrogens with zero attached hydrogens (tertiary/aromatic N) is 2. The zero-order valence-corrected chi connectivity index (χ0v) is 16.1. The van der Waals surface area contributed by atoms with Gasteiger partial charge in [0.15, 0.2) is 11.6 Å². The number of nitrogens with one attached hydrogen (secondary N) is 3. The maximum absolute atomic E-state index is 14.2. The first kappa shape index (κ1) is 20.1. The Labute approximate surface area is 171 Å². The fraction of sp³-hybridized carbons (Fsp3) is 0.0500. The first-order chi connectivity index (χ1) is 14.0. The lowest BCUT2D eigenvalue weighted by Gasteiger charge is -2.11. The monoisotopic (exact) mass is 413 g/mol. The third-order valence-corrected chi connectivity index (χ3v) is 4.04. The third kappa shape index (κ3) is 5.20. The van der Waals surface area contributed by atoms with Gasteiger partial charge in [-0.25, -0.2) is 9.37 Å². The van der Waals surface area contributed by atoms with Crippen LogP contribution in [-0.4, -0.2) is 23.0 Å². The number of carbonyl (C=O) groups is 1. The molecule has 0 saturated carbocycles. The maximum Gasteiger partial charge on any atom is 0.247 e. The van der Waals surface area contributed by atoms with E-state index < -0.39 is 5.82 Å². The van der Waals surface area contributed by atoms with Crippen molar-refractivity contribution in [2.24, 2.45) is 0 Å². The van der Waals surface area contributed by atoms with Crippen molar-refractivity contribution in [3.05, 3.63) is 72.2 Å². The molecule has 3 rings (SSSR count). The van der Waals surface area contributed by atoms with E-state index in [0.717, 1.165) is 12.3 Å². The lowest BCUT2D eigenvalue weighted by atomic mass is 10.2. The van der Waals surface area contributed by atoms with Gasteiger partial charge in [-0.3, -0.25) is 4.79 Å². The van der Waals surface area contributed by atoms with E-state index in [2.05, 4.69) is 32.5 Å². The zero-order chi connectivity index (χ0) is 20.8. The Balaban J connectivity index is 1.80. The van der Waals surface area contributed by atoms with Crippen molar-refractivity contribution in [1.29, 1.82) is 0 Å². The molecule has 0 saturated heterocycles. The SMILES string of the molecule is C=CC(=O)Nc1cccc(Nc2nc(Nc3ccc(Cl)c(OC)c3)ncc2F)c1. The Bertz CT molecular complexity index is 1060. The van der Waals surface area contributed by atoms with E-state index in [1.54, 1.807) is 42.5 Å². The summed E-state index contributed by atoms with van der Waals surface area (Å²) in [6, 6.07) is 11.8. The van der Waals surface area contributed by atoms with Gasteiger partial charge in [-0.2, -0.15) is 4.98 Å². The van der Waals surface area contributed by atoms with Gasteiger partial charge >= 0.3 is 0 Å². The molecule has 1 heterocycles. The molecule has 0 spiro atoms. The zero-order valence-electron chi connectivity index (χ0n) is 15.4. The summed E-state index contributed by atoms with van der Waals surface area (Å²) in [5, 5.41) is 8.94. The summed E-state index contributed by atoms with van der Waals surface area (Å²) in [6.07, 6.45) is 2.21. The first-order valence-electron chi connectivity index (χ1n) is 8.42. The summed E-state index contributed by atoms with van der Waals surface area (Å²) in [5.41, 5.74) is 1.68. The fourth-order valence-electron chi connectivity index (χ4n) is 2.39. The minimum absolute atomic E-state index is 0.0318. The Morgan fingerprint density at radius 2 is 1.93 bits per heavy atom. The molecule has 1 amide bonds. The second-order valence-corrected chi connectivity index (χ2v) is 6.17. The van der Waals surface area contributed by atoms with Gasteiger partial charge in [0.2, 0.25) is 11.9 Å². The lowest BCUT2D eigenvalue weighted by molar-refractivity contribution is -0.111. The normalized spacial score (nSPS) is 10.2. The number of amides is 1. The summed E-state index contributed by atoms with van der Waals surface area (Å²) < 4.78 is 19.4. The van der Waals surface area contributed by atoms with Crippen molar-refractivity contribution in [3.63, 3.8) is 0 Å². The van der Waals surface area contributed by atoms with Crippen molar-refractivity contribution < 1.29 is 13.9 Å². The number of halogens is 2. The van der Waals surface area contributed by atoms with Crippen LogP contribution < -0.4 is 20.7 Å². The number of aromatic nitrogens is 2. The fourth-order valence-corrected chi connectivity index (χ4v) is 2.58. The standard InChI is InChI=1S/C20H17ClFN5O2/c1-3-18(28)24-12-5-4-6-13(9-12)25-19-16(22)11-23-20(27-19)26-14-7-8-15(21)17(10-14)29-2/h3-11H,1H2,2H3,(H,24,28)(H2,23,25,26,27). The molecule has 7 nitrogen and oxygen atoms in total. The molecule has 29 heavy (non-hydrogen) atoms. The molecule has 0 fully saturated rings. The molecule has 3 N–H and O–H groups in total. The van der Waals surface area contributed by atoms with Crippen LogP contribution in [0.15, 0.2) is 61.3 Å². The van der Waals surface area contributed by atoms with Gasteiger partial charge in [0.05, 0.1) is 18.3 Å². The molecule has 0 bridgehead atoms. The number of benzene rings is 2. The Hall–Kier alpha value is -3.65. The van der Waals surface area contributed by atoms with Crippen LogP contribution in [0.3, 0.4) is 0 Å². The van der Waals surface area contributed by atoms with Gasteiger partial charge in [0.25, 0.3) is 0 Å². The van der Waals surface area contributed by atoms with Crippen LogP contribution in [0, 0.1) is 5.82 Å². The van der Waals surface area contributed by atoms with Crippen molar-refractivity contribution >= 4 is 46.3 Å². The van der Waals surface area contributed by atoms with Crippen LogP contribution in [-0.2, 0) is 4.79 Å². The highest BCUT2D eigenvalue weighted by atomic mass is 35.5. The predicted octanol–water partition coefficient (Wildman–Crippen LogP) is 4.89. The van der Waals surface area contributed by atoms with Gasteiger partial charge < -0.3 is 20.7 Å². The van der Waals surface area contributed by atoms with E-state index in [1.807, 2.05) is 0 Å². The largest absolute Gasteiger partial charge is 0.495 e. The van der Waals surface area contributed by atoms with Crippen LogP contribution in [0.1, 0.15) is 0 Å². The van der Waals surface area contributed by atoms with Crippen LogP contribution >= 0.6 is 11.6 Å². The van der Waals surface area contributed by atoms with Crippen molar-refractivity contribution in [2.45, 2.75) is 0 Å². The molecule has 148 valence electrons. The number of rotatable bonds is 7. The number of carbonyl (C=O) groups excluding carboxylic acids is 1. The molecule has 2 aromatic carbocycles. The van der Waals surface area contributed by atoms with Gasteiger partial charge in [0.1, 0.15) is 5.75 Å². The average molecular weight is 414 g/mol. The lowest BCUT2D eigenvalue weighted by Crippen LogP contribution is -2.07. The number of methoxy groups -OCH3 is 1. The second kappa shape index (κ2) is 9.03. The Morgan fingerprint density at radius 3 is 2.69 bits per heavy atom. The van der Waals surface area contributed by atoms with E-state index in [0.29, 0.717) is 27.8 Å². The summed E-state index contributed by atoms with van der Waals surface area (Å²) in [5.74, 6) is -0.356. The van der Waals surface area contributed by atoms with Crippen LogP contribution in [0.2, 0.25) is 5.02 Å². The number of hydrogen-bond donors (Lipinski definition) is 3. The van der Waals surface area contributed by atoms with E-state index in [-0.39, 0.29) is 17.7 Å². The van der Waals surface area contributed by atoms with Gasteiger partial charge in [-0.15, -0.1) is 0 Å². The minimum atomic E-state index is -0.634. The van der Waals surface area contributed by atoms with Crippen molar-refractivity contribution in [3.8, 4) is 5.75 Å². The van der Waals surface area contributed by atoms with Gasteiger partial charge in [-0.1, -0.05) is 24.2 Å². The molecule has 0 radical (unpaired) electrons. The topological polar surface area (TPSA) is 88.2 Å². The average Bonchev–Trinajstić information content (AvgIpc) is 2.72. The highest BCUT2D eigenvalue weighted by molar-refractivity contribution is 6.32. The smallest absolute Gasteiger partial charge is 0.247 e. The van der Waals surface area contributed by atoms with Crippen molar-refractivity contribution in [1.82, 2.24) is 9.97 Å². The van der Waals surface area contributed by atoms with Crippen LogP contribution in [0.5, 0.6) is 5.75 Å². The molecular formula is C20H17ClFN5O2. The maximum atomic E-state index is 14.2. The van der Waals surface area contributed by atoms with Crippen LogP contribution in [0.25, 0.3) is 0 Å². The second-order valence-electron chi connectivity index (χ2n) is 5.76. The molecule has 9 heteroatoms. The Kier molecular flexibility index (Phi) is 6.25. The quantitative estimate of drug-likeness (QED) is 0.478. The first-order valence-corrected chi connectivity index (χ1v) is 8.80. The number of ether oxygens (including phenoxy) is 1. The molecule has 3 aromatic rings. The molecule has 0 aliphatic carbocycles. The van der Waals surface area contributed by atoms with Gasteiger partial charge in [-0.05, 0) is 36.4 Å². The Morgan fingerprint density at radius 1 is 1.17 bits per heavy atom. The number of hydrogen-bond acceptors (Lipinski definition) is 6. The van der Waals surface area contributed by atoms with E-state index in [4.69, 9.17) is 16.3 Å². The molecule has 0 aliphatic heterocycles. The summed E-state index contributed by atoms with van der Waals surface area (Å²) in [6.45, 7) is 3.40. The molecule has 0 unspecified atom stereocenters. The summed E-state index contributed by atoms with van der Waals surface area (Å²) in [7, 11) is 1.51. The predicted molar refractivity (Wildman–Crippen MR) is 112 cm³/mol. The third-order valence-electron chi connectivity index (χ3n) is 3.73. The summed E-state index contributed by atoms with van der Waals surface area (Å²) in [4.78, 5) is 19.5. The van der Waals surface area contributed by atoms with Crippen LogP contribution in [0.4, 0.5) is 33.2 Å². The molecule has 1 aromatic heterocycles. The molecular weight excluding hydrogens is 397 g/mol. The van der Waals surface area contributed by atoms with Gasteiger partial charge in [0, 0.05) is 23.1 Å². The highest BCUT2D eigenvalue weighted by Gasteiger charge is 2.10.